The highest BCUT2D eigenvalue weighted by atomic mass is 32.1. The standard InChI is InChI=1S/C19H24N4OS/c1-2-8-20-19(25)21-9-7-13-10-14-3-4-15(12-16(14)11-13)17-5-6-18(24)23-22-17/h3-6,12-13H,2,7-11H2,1H3,(H,23,24)(H2,20,21,25). The first-order valence-corrected chi connectivity index (χ1v) is 9.26. The Morgan fingerprint density at radius 2 is 2.00 bits per heavy atom. The molecule has 0 aliphatic heterocycles. The maximum atomic E-state index is 11.2. The van der Waals surface area contributed by atoms with Gasteiger partial charge >= 0.3 is 0 Å². The second-order valence-corrected chi connectivity index (χ2v) is 6.94. The fourth-order valence-electron chi connectivity index (χ4n) is 3.27. The highest BCUT2D eigenvalue weighted by molar-refractivity contribution is 7.80. The molecule has 0 radical (unpaired) electrons. The summed E-state index contributed by atoms with van der Waals surface area (Å²) in [5, 5.41) is 13.8. The Balaban J connectivity index is 1.55. The zero-order valence-electron chi connectivity index (χ0n) is 14.5. The van der Waals surface area contributed by atoms with Gasteiger partial charge in [-0.2, -0.15) is 5.10 Å². The number of fused-ring (bicyclic) bond motifs is 1. The number of aromatic amines is 1. The second kappa shape index (κ2) is 8.25. The molecule has 1 aliphatic carbocycles. The van der Waals surface area contributed by atoms with Crippen LogP contribution in [-0.4, -0.2) is 28.4 Å². The Morgan fingerprint density at radius 1 is 1.20 bits per heavy atom. The van der Waals surface area contributed by atoms with Gasteiger partial charge in [0.05, 0.1) is 5.69 Å². The molecule has 0 amide bonds. The van der Waals surface area contributed by atoms with Crippen molar-refractivity contribution in [2.45, 2.75) is 32.6 Å². The van der Waals surface area contributed by atoms with Gasteiger partial charge in [-0.05, 0) is 67.1 Å². The summed E-state index contributed by atoms with van der Waals surface area (Å²) in [4.78, 5) is 11.2. The number of nitrogens with zero attached hydrogens (tertiary/aromatic N) is 1. The van der Waals surface area contributed by atoms with Gasteiger partial charge in [-0.25, -0.2) is 5.10 Å². The Morgan fingerprint density at radius 3 is 2.76 bits per heavy atom. The molecule has 2 aromatic rings. The van der Waals surface area contributed by atoms with Crippen molar-refractivity contribution in [1.82, 2.24) is 20.8 Å². The number of benzene rings is 1. The lowest BCUT2D eigenvalue weighted by Gasteiger charge is -2.12. The summed E-state index contributed by atoms with van der Waals surface area (Å²) in [6.07, 6.45) is 4.38. The van der Waals surface area contributed by atoms with Crippen LogP contribution in [0, 0.1) is 5.92 Å². The smallest absolute Gasteiger partial charge is 0.264 e. The van der Waals surface area contributed by atoms with E-state index in [4.69, 9.17) is 12.2 Å². The first-order valence-electron chi connectivity index (χ1n) is 8.85. The van der Waals surface area contributed by atoms with Crippen LogP contribution in [0.1, 0.15) is 30.9 Å². The topological polar surface area (TPSA) is 69.8 Å². The molecule has 0 bridgehead atoms. The number of hydrogen-bond acceptors (Lipinski definition) is 3. The number of H-pyrrole nitrogens is 1. The van der Waals surface area contributed by atoms with Crippen molar-refractivity contribution in [2.24, 2.45) is 5.92 Å². The van der Waals surface area contributed by atoms with Crippen molar-refractivity contribution in [3.8, 4) is 11.3 Å². The van der Waals surface area contributed by atoms with E-state index in [2.05, 4.69) is 46.0 Å². The summed E-state index contributed by atoms with van der Waals surface area (Å²) in [5.74, 6) is 0.648. The van der Waals surface area contributed by atoms with Gasteiger partial charge in [-0.1, -0.05) is 19.1 Å². The van der Waals surface area contributed by atoms with E-state index in [9.17, 15) is 4.79 Å². The lowest BCUT2D eigenvalue weighted by molar-refractivity contribution is 0.509. The molecule has 1 aromatic heterocycles. The molecule has 0 saturated carbocycles. The van der Waals surface area contributed by atoms with E-state index in [0.29, 0.717) is 5.92 Å². The molecule has 1 aromatic carbocycles. The third kappa shape index (κ3) is 4.66. The molecule has 1 atom stereocenters. The van der Waals surface area contributed by atoms with Gasteiger partial charge in [0.25, 0.3) is 5.56 Å². The molecule has 6 heteroatoms. The van der Waals surface area contributed by atoms with Crippen molar-refractivity contribution in [2.75, 3.05) is 13.1 Å². The van der Waals surface area contributed by atoms with Gasteiger partial charge in [0.1, 0.15) is 0 Å². The third-order valence-corrected chi connectivity index (χ3v) is 4.86. The monoisotopic (exact) mass is 356 g/mol. The number of hydrogen-bond donors (Lipinski definition) is 3. The maximum Gasteiger partial charge on any atom is 0.264 e. The Bertz CT molecular complexity index is 782. The summed E-state index contributed by atoms with van der Waals surface area (Å²) in [7, 11) is 0. The lowest BCUT2D eigenvalue weighted by atomic mass is 10.0. The van der Waals surface area contributed by atoms with E-state index < -0.39 is 0 Å². The number of thiocarbonyl (C=S) groups is 1. The largest absolute Gasteiger partial charge is 0.363 e. The van der Waals surface area contributed by atoms with Gasteiger partial charge in [0.2, 0.25) is 0 Å². The third-order valence-electron chi connectivity index (χ3n) is 4.57. The van der Waals surface area contributed by atoms with E-state index in [1.54, 1.807) is 6.07 Å². The average Bonchev–Trinajstić information content (AvgIpc) is 3.02. The highest BCUT2D eigenvalue weighted by Crippen LogP contribution is 2.31. The van der Waals surface area contributed by atoms with Crippen LogP contribution in [0.25, 0.3) is 11.3 Å². The fourth-order valence-corrected chi connectivity index (χ4v) is 3.47. The fraction of sp³-hybridized carbons (Fsp3) is 0.421. The van der Waals surface area contributed by atoms with Gasteiger partial charge in [-0.3, -0.25) is 4.79 Å². The molecule has 0 spiro atoms. The molecule has 132 valence electrons. The summed E-state index contributed by atoms with van der Waals surface area (Å²) >= 11 is 5.25. The van der Waals surface area contributed by atoms with Crippen molar-refractivity contribution in [3.63, 3.8) is 0 Å². The molecule has 1 aliphatic rings. The zero-order valence-corrected chi connectivity index (χ0v) is 15.3. The van der Waals surface area contributed by atoms with Crippen LogP contribution in [0.15, 0.2) is 35.1 Å². The van der Waals surface area contributed by atoms with E-state index in [0.717, 1.165) is 55.1 Å². The first kappa shape index (κ1) is 17.6. The molecule has 0 saturated heterocycles. The van der Waals surface area contributed by atoms with Crippen LogP contribution in [0.3, 0.4) is 0 Å². The molecule has 3 rings (SSSR count). The van der Waals surface area contributed by atoms with Crippen LogP contribution in [0.5, 0.6) is 0 Å². The Kier molecular flexibility index (Phi) is 5.81. The van der Waals surface area contributed by atoms with Crippen LogP contribution in [0.4, 0.5) is 0 Å². The van der Waals surface area contributed by atoms with Gasteiger partial charge in [0.15, 0.2) is 5.11 Å². The average molecular weight is 356 g/mol. The molecule has 1 heterocycles. The van der Waals surface area contributed by atoms with Crippen molar-refractivity contribution >= 4 is 17.3 Å². The van der Waals surface area contributed by atoms with Gasteiger partial charge in [-0.15, -0.1) is 0 Å². The van der Waals surface area contributed by atoms with E-state index in [-0.39, 0.29) is 5.56 Å². The molecule has 0 fully saturated rings. The van der Waals surface area contributed by atoms with Crippen LogP contribution >= 0.6 is 12.2 Å². The normalized spacial score (nSPS) is 15.6. The number of aromatic nitrogens is 2. The van der Waals surface area contributed by atoms with E-state index in [1.165, 1.54) is 17.2 Å². The van der Waals surface area contributed by atoms with E-state index in [1.807, 2.05) is 0 Å². The SMILES string of the molecule is CCCNC(=S)NCCC1Cc2ccc(-c3ccc(=O)[nH]n3)cc2C1. The summed E-state index contributed by atoms with van der Waals surface area (Å²) in [6, 6.07) is 9.76. The molecule has 1 unspecified atom stereocenters. The Hall–Kier alpha value is -2.21. The second-order valence-electron chi connectivity index (χ2n) is 6.54. The van der Waals surface area contributed by atoms with Crippen molar-refractivity contribution in [3.05, 3.63) is 51.8 Å². The summed E-state index contributed by atoms with van der Waals surface area (Å²) in [5.41, 5.74) is 4.49. The van der Waals surface area contributed by atoms with Crippen LogP contribution in [-0.2, 0) is 12.8 Å². The molecule has 3 N–H and O–H groups in total. The predicted octanol–water partition coefficient (Wildman–Crippen LogP) is 2.42. The molecule has 5 nitrogen and oxygen atoms in total. The number of rotatable bonds is 6. The summed E-state index contributed by atoms with van der Waals surface area (Å²) < 4.78 is 0. The lowest BCUT2D eigenvalue weighted by Crippen LogP contribution is -2.36. The quantitative estimate of drug-likeness (QED) is 0.694. The van der Waals surface area contributed by atoms with Crippen LogP contribution in [0.2, 0.25) is 0 Å². The minimum Gasteiger partial charge on any atom is -0.363 e. The Labute approximate surface area is 153 Å². The molecular formula is C19H24N4OS. The highest BCUT2D eigenvalue weighted by Gasteiger charge is 2.21. The zero-order chi connectivity index (χ0) is 17.6. The van der Waals surface area contributed by atoms with Crippen LogP contribution < -0.4 is 16.2 Å². The van der Waals surface area contributed by atoms with Gasteiger partial charge in [0, 0.05) is 24.7 Å². The first-order chi connectivity index (χ1) is 12.2. The predicted molar refractivity (Wildman–Crippen MR) is 105 cm³/mol. The number of nitrogens with one attached hydrogen (secondary N) is 3. The molecule has 25 heavy (non-hydrogen) atoms. The van der Waals surface area contributed by atoms with Crippen molar-refractivity contribution < 1.29 is 0 Å². The van der Waals surface area contributed by atoms with E-state index >= 15 is 0 Å². The minimum atomic E-state index is -0.177. The summed E-state index contributed by atoms with van der Waals surface area (Å²) in [6.45, 7) is 3.95. The van der Waals surface area contributed by atoms with Gasteiger partial charge < -0.3 is 10.6 Å². The molecular weight excluding hydrogens is 332 g/mol. The maximum absolute atomic E-state index is 11.2. The van der Waals surface area contributed by atoms with Crippen molar-refractivity contribution in [1.29, 1.82) is 0 Å². The minimum absolute atomic E-state index is 0.177.